The summed E-state index contributed by atoms with van der Waals surface area (Å²) in [5, 5.41) is 23.1. The van der Waals surface area contributed by atoms with Crippen molar-refractivity contribution in [2.45, 2.75) is 96.6 Å². The van der Waals surface area contributed by atoms with Crippen LogP contribution in [0.5, 0.6) is 0 Å². The van der Waals surface area contributed by atoms with Crippen molar-refractivity contribution in [3.05, 3.63) is 42.0 Å². The molecule has 0 saturated heterocycles. The number of Topliss-reactive ketones (excluding diaryl/α,β-unsaturated/α-hetero) is 1. The van der Waals surface area contributed by atoms with Gasteiger partial charge in [0.05, 0.1) is 11.7 Å². The van der Waals surface area contributed by atoms with Gasteiger partial charge in [-0.15, -0.1) is 0 Å². The van der Waals surface area contributed by atoms with E-state index in [0.29, 0.717) is 32.1 Å². The number of ether oxygens (including phenoxy) is 2. The summed E-state index contributed by atoms with van der Waals surface area (Å²) in [5.74, 6) is -1.96. The Bertz CT molecular complexity index is 1150. The van der Waals surface area contributed by atoms with Crippen LogP contribution in [0, 0.1) is 34.5 Å². The Kier molecular flexibility index (Phi) is 7.30. The van der Waals surface area contributed by atoms with E-state index in [1.165, 1.54) is 19.9 Å². The average Bonchev–Trinajstić information content (AvgIpc) is 3.17. The van der Waals surface area contributed by atoms with Gasteiger partial charge in [0.1, 0.15) is 18.0 Å². The van der Waals surface area contributed by atoms with E-state index in [4.69, 9.17) is 9.47 Å². The molecule has 4 aliphatic carbocycles. The number of rotatable bonds is 5. The van der Waals surface area contributed by atoms with E-state index in [1.54, 1.807) is 6.08 Å². The molecule has 0 unspecified atom stereocenters. The number of hydrogen-bond donors (Lipinski definition) is 2. The fourth-order valence-corrected chi connectivity index (χ4v) is 9.27. The van der Waals surface area contributed by atoms with E-state index in [2.05, 4.69) is 6.92 Å². The molecule has 0 bridgehead atoms. The van der Waals surface area contributed by atoms with Crippen LogP contribution in [0.15, 0.2) is 36.4 Å². The fraction of sp³-hybridized carbons (Fsp3) is 0.656. The maximum atomic E-state index is 13.3. The van der Waals surface area contributed by atoms with Crippen LogP contribution in [0.1, 0.15) is 78.2 Å². The molecule has 0 amide bonds. The van der Waals surface area contributed by atoms with Gasteiger partial charge in [0.2, 0.25) is 0 Å². The first-order valence-corrected chi connectivity index (χ1v) is 14.4. The normalized spacial score (nSPS) is 43.2. The highest BCUT2D eigenvalue weighted by atomic mass is 16.6. The quantitative estimate of drug-likeness (QED) is 0.420. The van der Waals surface area contributed by atoms with Crippen molar-refractivity contribution in [3.63, 3.8) is 0 Å². The zero-order valence-corrected chi connectivity index (χ0v) is 23.5. The third-order valence-corrected chi connectivity index (χ3v) is 11.1. The molecule has 1 aromatic carbocycles. The van der Waals surface area contributed by atoms with Gasteiger partial charge in [0.25, 0.3) is 0 Å². The van der Waals surface area contributed by atoms with Crippen LogP contribution >= 0.6 is 0 Å². The van der Waals surface area contributed by atoms with E-state index in [1.807, 2.05) is 37.3 Å². The smallest absolute Gasteiger partial charge is 0.331 e. The van der Waals surface area contributed by atoms with Gasteiger partial charge in [-0.1, -0.05) is 44.2 Å². The summed E-state index contributed by atoms with van der Waals surface area (Å²) in [5.41, 5.74) is -1.86. The van der Waals surface area contributed by atoms with Crippen LogP contribution in [-0.2, 0) is 23.9 Å². The SMILES string of the molecule is CC(=O)O[C@H]1[C@H]2[C@@H](CC[C@H]3C[C@@H](O)CC[C@@]32C)[C@@]2(O)CC[C@H](C(C)=O)[C@@]2(C)[C@@H]1OC(=O)/C=C/c1ccccc1. The highest BCUT2D eigenvalue weighted by Crippen LogP contribution is 2.70. The second-order valence-electron chi connectivity index (χ2n) is 12.9. The summed E-state index contributed by atoms with van der Waals surface area (Å²) in [6.45, 7) is 6.94. The topological polar surface area (TPSA) is 110 Å². The molecular formula is C32H42O7. The van der Waals surface area contributed by atoms with Crippen molar-refractivity contribution >= 4 is 23.8 Å². The molecule has 0 spiro atoms. The molecule has 4 fully saturated rings. The lowest BCUT2D eigenvalue weighted by molar-refractivity contribution is -0.290. The number of aliphatic hydroxyl groups excluding tert-OH is 1. The third kappa shape index (κ3) is 4.46. The van der Waals surface area contributed by atoms with Gasteiger partial charge < -0.3 is 19.7 Å². The molecule has 5 rings (SSSR count). The van der Waals surface area contributed by atoms with Crippen molar-refractivity contribution in [2.75, 3.05) is 0 Å². The van der Waals surface area contributed by atoms with Crippen molar-refractivity contribution in [2.24, 2.45) is 34.5 Å². The summed E-state index contributed by atoms with van der Waals surface area (Å²) in [6, 6.07) is 9.40. The lowest BCUT2D eigenvalue weighted by atomic mass is 9.41. The number of carbonyl (C=O) groups is 3. The minimum atomic E-state index is -1.26. The van der Waals surface area contributed by atoms with Gasteiger partial charge >= 0.3 is 11.9 Å². The summed E-state index contributed by atoms with van der Waals surface area (Å²) in [7, 11) is 0. The van der Waals surface area contributed by atoms with Crippen molar-refractivity contribution in [1.82, 2.24) is 0 Å². The second-order valence-corrected chi connectivity index (χ2v) is 12.9. The van der Waals surface area contributed by atoms with E-state index in [0.717, 1.165) is 18.4 Å². The molecule has 0 radical (unpaired) electrons. The van der Waals surface area contributed by atoms with Gasteiger partial charge in [-0.05, 0) is 80.8 Å². The Morgan fingerprint density at radius 2 is 1.69 bits per heavy atom. The summed E-state index contributed by atoms with van der Waals surface area (Å²) in [4.78, 5) is 38.9. The zero-order valence-electron chi connectivity index (χ0n) is 23.5. The molecule has 7 nitrogen and oxygen atoms in total. The van der Waals surface area contributed by atoms with Crippen molar-refractivity contribution in [3.8, 4) is 0 Å². The van der Waals surface area contributed by atoms with Crippen molar-refractivity contribution < 1.29 is 34.1 Å². The van der Waals surface area contributed by atoms with Gasteiger partial charge in [-0.2, -0.15) is 0 Å². The maximum Gasteiger partial charge on any atom is 0.331 e. The second kappa shape index (κ2) is 10.2. The molecule has 0 aliphatic heterocycles. The van der Waals surface area contributed by atoms with Crippen LogP contribution < -0.4 is 0 Å². The summed E-state index contributed by atoms with van der Waals surface area (Å²) in [6.07, 6.45) is 5.37. The number of carbonyl (C=O) groups excluding carboxylic acids is 3. The van der Waals surface area contributed by atoms with Gasteiger partial charge in [-0.25, -0.2) is 4.79 Å². The molecular weight excluding hydrogens is 496 g/mol. The monoisotopic (exact) mass is 538 g/mol. The molecule has 4 aliphatic rings. The Labute approximate surface area is 231 Å². The highest BCUT2D eigenvalue weighted by molar-refractivity contribution is 5.87. The maximum absolute atomic E-state index is 13.3. The lowest BCUT2D eigenvalue weighted by Crippen LogP contribution is -2.73. The van der Waals surface area contributed by atoms with Crippen molar-refractivity contribution in [1.29, 1.82) is 0 Å². The number of ketones is 1. The highest BCUT2D eigenvalue weighted by Gasteiger charge is 2.75. The number of hydrogen-bond acceptors (Lipinski definition) is 7. The Morgan fingerprint density at radius 1 is 0.974 bits per heavy atom. The Morgan fingerprint density at radius 3 is 2.36 bits per heavy atom. The number of benzene rings is 1. The van der Waals surface area contributed by atoms with Crippen LogP contribution in [0.3, 0.4) is 0 Å². The molecule has 39 heavy (non-hydrogen) atoms. The molecule has 0 heterocycles. The van der Waals surface area contributed by atoms with E-state index in [-0.39, 0.29) is 35.1 Å². The molecule has 1 aromatic rings. The minimum absolute atomic E-state index is 0.0602. The Hall–Kier alpha value is -2.51. The minimum Gasteiger partial charge on any atom is -0.458 e. The number of aliphatic hydroxyl groups is 2. The zero-order chi connectivity index (χ0) is 28.2. The van der Waals surface area contributed by atoms with E-state index < -0.39 is 41.1 Å². The molecule has 4 saturated carbocycles. The first kappa shape index (κ1) is 28.0. The molecule has 212 valence electrons. The van der Waals surface area contributed by atoms with Crippen LogP contribution in [-0.4, -0.2) is 51.8 Å². The first-order valence-electron chi connectivity index (χ1n) is 14.4. The van der Waals surface area contributed by atoms with Crippen LogP contribution in [0.4, 0.5) is 0 Å². The predicted octanol–water partition coefficient (Wildman–Crippen LogP) is 4.49. The molecule has 10 atom stereocenters. The molecule has 2 N–H and O–H groups in total. The Balaban J connectivity index is 1.60. The number of esters is 2. The average molecular weight is 539 g/mol. The van der Waals surface area contributed by atoms with Gasteiger partial charge in [-0.3, -0.25) is 9.59 Å². The standard InChI is InChI=1S/C32H42O7/c1-19(33)24-15-17-32(37)25-12-11-22-18-23(35)14-16-30(22,3)27(25)28(38-20(2)34)29(31(24,32)4)39-26(36)13-10-21-8-6-5-7-9-21/h5-10,13,22-25,27-29,35,37H,11-12,14-18H2,1-4H3/b13-10+/t22-,23-,24+,25+,27+,28-,29+,30-,31-,32-/m0/s1. The summed E-state index contributed by atoms with van der Waals surface area (Å²) < 4.78 is 12.3. The number of fused-ring (bicyclic) bond motifs is 5. The van der Waals surface area contributed by atoms with E-state index >= 15 is 0 Å². The lowest BCUT2D eigenvalue weighted by Gasteiger charge is -2.66. The molecule has 7 heteroatoms. The third-order valence-electron chi connectivity index (χ3n) is 11.1. The van der Waals surface area contributed by atoms with Crippen LogP contribution in [0.2, 0.25) is 0 Å². The summed E-state index contributed by atoms with van der Waals surface area (Å²) >= 11 is 0. The first-order chi connectivity index (χ1) is 18.4. The largest absolute Gasteiger partial charge is 0.458 e. The fourth-order valence-electron chi connectivity index (χ4n) is 9.27. The van der Waals surface area contributed by atoms with Gasteiger partial charge in [0.15, 0.2) is 0 Å². The van der Waals surface area contributed by atoms with Gasteiger partial charge in [0, 0.05) is 30.3 Å². The predicted molar refractivity (Wildman–Crippen MR) is 145 cm³/mol. The molecule has 0 aromatic heterocycles. The van der Waals surface area contributed by atoms with E-state index in [9.17, 15) is 24.6 Å². The van der Waals surface area contributed by atoms with Crippen LogP contribution in [0.25, 0.3) is 6.08 Å².